The number of anilines is 2. The van der Waals surface area contributed by atoms with Gasteiger partial charge in [0.2, 0.25) is 0 Å². The SMILES string of the molecule is CCc1ccc2nccc(N3CC[C@@]4(CCN(Cc5ccc6[nH]c(C#N)cc6c5C)C4)C3)c2c1.CCc1ccc2nccc(N3CC[C@]4(CCN(Cc5ccc6[nH]c(C#N)cc6c5C)C4)C3)c2c1. The van der Waals surface area contributed by atoms with Crippen LogP contribution in [0, 0.1) is 47.3 Å². The number of aryl methyl sites for hydroxylation is 4. The van der Waals surface area contributed by atoms with E-state index in [1.54, 1.807) is 0 Å². The molecule has 10 nitrogen and oxygen atoms in total. The number of fused-ring (bicyclic) bond motifs is 4. The van der Waals surface area contributed by atoms with Gasteiger partial charge in [0.15, 0.2) is 0 Å². The Morgan fingerprint density at radius 3 is 1.40 bits per heavy atom. The van der Waals surface area contributed by atoms with Gasteiger partial charge < -0.3 is 19.8 Å². The van der Waals surface area contributed by atoms with E-state index in [4.69, 9.17) is 0 Å². The number of hydrogen-bond donors (Lipinski definition) is 2. The second-order valence-corrected chi connectivity index (χ2v) is 20.5. The number of nitrogens with zero attached hydrogens (tertiary/aromatic N) is 8. The molecule has 2 atom stereocenters. The van der Waals surface area contributed by atoms with Crippen LogP contribution < -0.4 is 9.80 Å². The highest BCUT2D eigenvalue weighted by molar-refractivity contribution is 5.93. The molecule has 0 unspecified atom stereocenters. The number of likely N-dealkylation sites (tertiary alicyclic amines) is 2. The maximum absolute atomic E-state index is 9.24. The highest BCUT2D eigenvalue weighted by Gasteiger charge is 2.45. The number of H-pyrrole nitrogens is 2. The smallest absolute Gasteiger partial charge is 0.118 e. The number of nitrogens with one attached hydrogen (secondary N) is 2. The molecule has 2 N–H and O–H groups in total. The monoisotopic (exact) mass is 899 g/mol. The van der Waals surface area contributed by atoms with Gasteiger partial charge in [-0.25, -0.2) is 0 Å². The molecule has 4 aromatic heterocycles. The molecule has 4 saturated heterocycles. The summed E-state index contributed by atoms with van der Waals surface area (Å²) in [6.07, 6.45) is 11.1. The van der Waals surface area contributed by atoms with E-state index < -0.39 is 0 Å². The van der Waals surface area contributed by atoms with Crippen LogP contribution in [0.4, 0.5) is 11.4 Å². The maximum Gasteiger partial charge on any atom is 0.118 e. The average Bonchev–Trinajstić information content (AvgIpc) is 4.26. The van der Waals surface area contributed by atoms with Gasteiger partial charge in [-0.15, -0.1) is 0 Å². The number of benzene rings is 4. The van der Waals surface area contributed by atoms with Crippen molar-refractivity contribution >= 4 is 55.0 Å². The number of rotatable bonds is 8. The van der Waals surface area contributed by atoms with Crippen LogP contribution in [0.3, 0.4) is 0 Å². The molecule has 0 radical (unpaired) electrons. The summed E-state index contributed by atoms with van der Waals surface area (Å²) in [6.45, 7) is 19.9. The van der Waals surface area contributed by atoms with Crippen LogP contribution >= 0.6 is 0 Å². The fraction of sp³-hybridized carbons (Fsp3) is 0.379. The van der Waals surface area contributed by atoms with E-state index in [2.05, 4.69) is 152 Å². The lowest BCUT2D eigenvalue weighted by Crippen LogP contribution is -2.31. The van der Waals surface area contributed by atoms with Crippen LogP contribution in [-0.2, 0) is 25.9 Å². The Morgan fingerprint density at radius 1 is 0.529 bits per heavy atom. The Bertz CT molecular complexity index is 3080. The molecule has 4 aliphatic rings. The lowest BCUT2D eigenvalue weighted by Gasteiger charge is -2.26. The van der Waals surface area contributed by atoms with Crippen molar-refractivity contribution in [1.29, 1.82) is 10.5 Å². The molecule has 8 aromatic rings. The van der Waals surface area contributed by atoms with Crippen molar-refractivity contribution in [2.45, 2.75) is 79.3 Å². The summed E-state index contributed by atoms with van der Waals surface area (Å²) in [6, 6.07) is 35.0. The summed E-state index contributed by atoms with van der Waals surface area (Å²) in [5.74, 6) is 0. The molecule has 4 aromatic carbocycles. The molecule has 68 heavy (non-hydrogen) atoms. The first-order valence-electron chi connectivity index (χ1n) is 24.9. The third kappa shape index (κ3) is 8.14. The molecule has 2 spiro atoms. The summed E-state index contributed by atoms with van der Waals surface area (Å²) >= 11 is 0. The minimum absolute atomic E-state index is 0.373. The van der Waals surface area contributed by atoms with E-state index in [0.717, 1.165) is 100 Å². The van der Waals surface area contributed by atoms with Crippen molar-refractivity contribution in [3.05, 3.63) is 142 Å². The summed E-state index contributed by atoms with van der Waals surface area (Å²) < 4.78 is 0. The van der Waals surface area contributed by atoms with Gasteiger partial charge in [-0.1, -0.05) is 38.1 Å². The van der Waals surface area contributed by atoms with Gasteiger partial charge >= 0.3 is 0 Å². The predicted octanol–water partition coefficient (Wildman–Crippen LogP) is 11.1. The van der Waals surface area contributed by atoms with Crippen molar-refractivity contribution in [3.8, 4) is 12.1 Å². The third-order valence-corrected chi connectivity index (χ3v) is 16.4. The van der Waals surface area contributed by atoms with Crippen molar-refractivity contribution in [2.75, 3.05) is 62.2 Å². The van der Waals surface area contributed by atoms with E-state index in [9.17, 15) is 10.5 Å². The molecule has 0 aliphatic carbocycles. The first-order valence-corrected chi connectivity index (χ1v) is 24.9. The molecule has 0 saturated carbocycles. The molecule has 4 fully saturated rings. The molecule has 0 bridgehead atoms. The Labute approximate surface area is 400 Å². The van der Waals surface area contributed by atoms with Crippen LogP contribution in [0.1, 0.15) is 84.3 Å². The van der Waals surface area contributed by atoms with Gasteiger partial charge in [0.1, 0.15) is 23.5 Å². The second kappa shape index (κ2) is 17.7. The molecule has 4 aliphatic heterocycles. The number of aromatic nitrogens is 4. The Balaban J connectivity index is 0.000000149. The number of hydrogen-bond acceptors (Lipinski definition) is 8. The molecule has 10 heteroatoms. The van der Waals surface area contributed by atoms with Gasteiger partial charge in [0.25, 0.3) is 0 Å². The molecular formula is C58H62N10. The summed E-state index contributed by atoms with van der Waals surface area (Å²) in [4.78, 5) is 26.1. The van der Waals surface area contributed by atoms with Gasteiger partial charge in [0.05, 0.1) is 11.0 Å². The lowest BCUT2D eigenvalue weighted by molar-refractivity contribution is 0.270. The standard InChI is InChI=1S/2C29H31N5/c2*1-3-21-4-6-26-25(14-21)28(8-11-31-26)34-13-10-29(19-34)9-12-33(18-29)17-22-5-7-27-24(20(22)2)15-23(16-30)32-27/h2*4-8,11,14-15,32H,3,9-10,12-13,17-19H2,1-2H3/t2*29-/m10/s1. The van der Waals surface area contributed by atoms with Crippen molar-refractivity contribution in [1.82, 2.24) is 29.7 Å². The number of pyridine rings is 2. The van der Waals surface area contributed by atoms with E-state index >= 15 is 0 Å². The Kier molecular flexibility index (Phi) is 11.4. The topological polar surface area (TPSA) is 118 Å². The summed E-state index contributed by atoms with van der Waals surface area (Å²) in [5.41, 5.74) is 17.1. The third-order valence-electron chi connectivity index (χ3n) is 16.4. The molecule has 344 valence electrons. The molecule has 8 heterocycles. The quantitative estimate of drug-likeness (QED) is 0.155. The fourth-order valence-electron chi connectivity index (χ4n) is 12.4. The van der Waals surface area contributed by atoms with Gasteiger partial charge in [0, 0.05) is 120 Å². The average molecular weight is 899 g/mol. The zero-order chi connectivity index (χ0) is 46.6. The first kappa shape index (κ1) is 43.8. The van der Waals surface area contributed by atoms with Crippen molar-refractivity contribution in [3.63, 3.8) is 0 Å². The van der Waals surface area contributed by atoms with Crippen LogP contribution in [0.5, 0.6) is 0 Å². The summed E-state index contributed by atoms with van der Waals surface area (Å²) in [5, 5.41) is 23.4. The Morgan fingerprint density at radius 2 is 0.971 bits per heavy atom. The highest BCUT2D eigenvalue weighted by Crippen LogP contribution is 2.45. The van der Waals surface area contributed by atoms with Gasteiger partial charge in [-0.3, -0.25) is 19.8 Å². The fourth-order valence-corrected chi connectivity index (χ4v) is 12.4. The maximum atomic E-state index is 9.24. The normalized spacial score (nSPS) is 20.7. The van der Waals surface area contributed by atoms with Crippen LogP contribution in [0.2, 0.25) is 0 Å². The first-order chi connectivity index (χ1) is 33.1. The zero-order valence-electron chi connectivity index (χ0n) is 40.1. The number of aromatic amines is 2. The minimum Gasteiger partial charge on any atom is -0.370 e. The second-order valence-electron chi connectivity index (χ2n) is 20.5. The zero-order valence-corrected chi connectivity index (χ0v) is 40.1. The minimum atomic E-state index is 0.373. The van der Waals surface area contributed by atoms with Crippen molar-refractivity contribution in [2.24, 2.45) is 10.8 Å². The number of nitriles is 2. The van der Waals surface area contributed by atoms with Crippen molar-refractivity contribution < 1.29 is 0 Å². The summed E-state index contributed by atoms with van der Waals surface area (Å²) in [7, 11) is 0. The van der Waals surface area contributed by atoms with E-state index in [1.807, 2.05) is 24.5 Å². The Hall–Kier alpha value is -6.72. The van der Waals surface area contributed by atoms with E-state index in [1.165, 1.54) is 92.0 Å². The highest BCUT2D eigenvalue weighted by atomic mass is 15.2. The van der Waals surface area contributed by atoms with Gasteiger partial charge in [-0.2, -0.15) is 10.5 Å². The predicted molar refractivity (Wildman–Crippen MR) is 276 cm³/mol. The molecular weight excluding hydrogens is 837 g/mol. The van der Waals surface area contributed by atoms with E-state index in [-0.39, 0.29) is 0 Å². The van der Waals surface area contributed by atoms with E-state index in [0.29, 0.717) is 22.2 Å². The van der Waals surface area contributed by atoms with Gasteiger partial charge in [-0.05, 0) is 160 Å². The molecule has 0 amide bonds. The van der Waals surface area contributed by atoms with Crippen LogP contribution in [0.15, 0.2) is 97.3 Å². The van der Waals surface area contributed by atoms with Crippen LogP contribution in [-0.4, -0.2) is 82.1 Å². The molecule has 12 rings (SSSR count). The lowest BCUT2D eigenvalue weighted by atomic mass is 9.86. The van der Waals surface area contributed by atoms with Crippen LogP contribution in [0.25, 0.3) is 43.6 Å². The largest absolute Gasteiger partial charge is 0.370 e.